The van der Waals surface area contributed by atoms with E-state index in [2.05, 4.69) is 35.8 Å². The Kier molecular flexibility index (Phi) is 6.48. The van der Waals surface area contributed by atoms with Gasteiger partial charge in [-0.05, 0) is 18.2 Å². The van der Waals surface area contributed by atoms with Crippen molar-refractivity contribution in [1.82, 2.24) is 30.5 Å². The predicted octanol–water partition coefficient (Wildman–Crippen LogP) is 1.67. The number of rotatable bonds is 7. The van der Waals surface area contributed by atoms with Gasteiger partial charge in [-0.3, -0.25) is 10.2 Å². The Labute approximate surface area is 180 Å². The van der Waals surface area contributed by atoms with Gasteiger partial charge in [0.25, 0.3) is 0 Å². The Hall–Kier alpha value is -3.37. The highest BCUT2D eigenvalue weighted by atomic mass is 16.5. The summed E-state index contributed by atoms with van der Waals surface area (Å²) in [7, 11) is 3.18. The van der Waals surface area contributed by atoms with Crippen LogP contribution >= 0.6 is 0 Å². The number of H-pyrrole nitrogens is 1. The third kappa shape index (κ3) is 4.70. The molecule has 0 aromatic carbocycles. The molecule has 0 unspecified atom stereocenters. The fourth-order valence-corrected chi connectivity index (χ4v) is 3.70. The molecule has 10 nitrogen and oxygen atoms in total. The Bertz CT molecular complexity index is 1020. The van der Waals surface area contributed by atoms with E-state index < -0.39 is 0 Å². The van der Waals surface area contributed by atoms with E-state index in [-0.39, 0.29) is 6.03 Å². The Morgan fingerprint density at radius 1 is 1.19 bits per heavy atom. The van der Waals surface area contributed by atoms with E-state index in [1.807, 2.05) is 12.3 Å². The zero-order valence-corrected chi connectivity index (χ0v) is 17.7. The molecule has 1 fully saturated rings. The molecule has 1 aliphatic rings. The number of carbonyl (C=O) groups excluding carboxylic acids is 1. The van der Waals surface area contributed by atoms with Crippen LogP contribution in [0.25, 0.3) is 22.2 Å². The molecule has 1 saturated heterocycles. The van der Waals surface area contributed by atoms with Gasteiger partial charge in [0.05, 0.1) is 19.8 Å². The number of fused-ring (bicyclic) bond motifs is 1. The van der Waals surface area contributed by atoms with Gasteiger partial charge < -0.3 is 25.1 Å². The van der Waals surface area contributed by atoms with Crippen LogP contribution in [0.1, 0.15) is 0 Å². The first-order chi connectivity index (χ1) is 15.2. The lowest BCUT2D eigenvalue weighted by molar-refractivity contribution is 0.233. The van der Waals surface area contributed by atoms with E-state index in [9.17, 15) is 4.79 Å². The number of amides is 2. The number of urea groups is 1. The van der Waals surface area contributed by atoms with Gasteiger partial charge in [-0.2, -0.15) is 0 Å². The molecule has 10 heteroatoms. The SMILES string of the molecule is COc1ccnc(OC)c1-c1c[nH]c2nc(NC(=O)NCCN3CCNCC3)ccc12. The summed E-state index contributed by atoms with van der Waals surface area (Å²) in [6.07, 6.45) is 3.47. The number of aromatic nitrogens is 3. The molecule has 31 heavy (non-hydrogen) atoms. The Balaban J connectivity index is 1.45. The summed E-state index contributed by atoms with van der Waals surface area (Å²) in [6.45, 7) is 5.40. The lowest BCUT2D eigenvalue weighted by Gasteiger charge is -2.27. The van der Waals surface area contributed by atoms with Gasteiger partial charge in [-0.15, -0.1) is 0 Å². The molecule has 3 aromatic rings. The molecule has 1 aliphatic heterocycles. The zero-order chi connectivity index (χ0) is 21.6. The summed E-state index contributed by atoms with van der Waals surface area (Å²) >= 11 is 0. The molecule has 3 aromatic heterocycles. The number of hydrogen-bond acceptors (Lipinski definition) is 7. The molecule has 164 valence electrons. The first-order valence-electron chi connectivity index (χ1n) is 10.2. The summed E-state index contributed by atoms with van der Waals surface area (Å²) in [5.74, 6) is 1.58. The van der Waals surface area contributed by atoms with Crippen LogP contribution in [0.5, 0.6) is 11.6 Å². The molecule has 4 rings (SSSR count). The van der Waals surface area contributed by atoms with Crippen LogP contribution in [-0.4, -0.2) is 79.4 Å². The average molecular weight is 425 g/mol. The maximum atomic E-state index is 12.2. The van der Waals surface area contributed by atoms with Crippen LogP contribution in [0.2, 0.25) is 0 Å². The Morgan fingerprint density at radius 2 is 2.03 bits per heavy atom. The van der Waals surface area contributed by atoms with Crippen LogP contribution < -0.4 is 25.4 Å². The van der Waals surface area contributed by atoms with Crippen molar-refractivity contribution < 1.29 is 14.3 Å². The highest BCUT2D eigenvalue weighted by molar-refractivity contribution is 5.98. The summed E-state index contributed by atoms with van der Waals surface area (Å²) in [6, 6.07) is 5.18. The molecule has 0 atom stereocenters. The summed E-state index contributed by atoms with van der Waals surface area (Å²) in [5.41, 5.74) is 2.24. The molecule has 2 amide bonds. The van der Waals surface area contributed by atoms with Crippen molar-refractivity contribution in [2.45, 2.75) is 0 Å². The van der Waals surface area contributed by atoms with Gasteiger partial charge in [-0.25, -0.2) is 14.8 Å². The number of piperazine rings is 1. The van der Waals surface area contributed by atoms with Crippen molar-refractivity contribution >= 4 is 22.9 Å². The molecule has 0 spiro atoms. The van der Waals surface area contributed by atoms with Gasteiger partial charge in [0, 0.05) is 62.6 Å². The summed E-state index contributed by atoms with van der Waals surface area (Å²) in [4.78, 5) is 26.5. The number of ether oxygens (including phenoxy) is 2. The minimum absolute atomic E-state index is 0.274. The minimum atomic E-state index is -0.274. The van der Waals surface area contributed by atoms with E-state index in [0.717, 1.165) is 49.2 Å². The number of carbonyl (C=O) groups is 1. The summed E-state index contributed by atoms with van der Waals surface area (Å²) < 4.78 is 10.9. The van der Waals surface area contributed by atoms with Crippen molar-refractivity contribution in [1.29, 1.82) is 0 Å². The normalized spacial score (nSPS) is 14.4. The fraction of sp³-hybridized carbons (Fsp3) is 0.381. The molecule has 4 N–H and O–H groups in total. The van der Waals surface area contributed by atoms with E-state index in [0.29, 0.717) is 29.6 Å². The number of nitrogens with one attached hydrogen (secondary N) is 4. The highest BCUT2D eigenvalue weighted by Crippen LogP contribution is 2.40. The number of aromatic amines is 1. The largest absolute Gasteiger partial charge is 0.496 e. The van der Waals surface area contributed by atoms with Gasteiger partial charge in [0.1, 0.15) is 17.2 Å². The topological polar surface area (TPSA) is 116 Å². The number of pyridine rings is 2. The maximum Gasteiger partial charge on any atom is 0.320 e. The molecule has 0 saturated carbocycles. The van der Waals surface area contributed by atoms with Crippen LogP contribution in [0.15, 0.2) is 30.6 Å². The average Bonchev–Trinajstić information content (AvgIpc) is 3.22. The first-order valence-corrected chi connectivity index (χ1v) is 10.2. The lowest BCUT2D eigenvalue weighted by Crippen LogP contribution is -2.46. The van der Waals surface area contributed by atoms with Crippen molar-refractivity contribution in [3.8, 4) is 22.8 Å². The van der Waals surface area contributed by atoms with Gasteiger partial charge in [-0.1, -0.05) is 0 Å². The van der Waals surface area contributed by atoms with Crippen LogP contribution in [0, 0.1) is 0 Å². The number of methoxy groups -OCH3 is 2. The van der Waals surface area contributed by atoms with Gasteiger partial charge >= 0.3 is 6.03 Å². The monoisotopic (exact) mass is 425 g/mol. The molecular weight excluding hydrogens is 398 g/mol. The molecular formula is C21H27N7O3. The fourth-order valence-electron chi connectivity index (χ4n) is 3.70. The van der Waals surface area contributed by atoms with E-state index >= 15 is 0 Å². The van der Waals surface area contributed by atoms with Crippen molar-refractivity contribution in [3.05, 3.63) is 30.6 Å². The highest BCUT2D eigenvalue weighted by Gasteiger charge is 2.18. The summed E-state index contributed by atoms with van der Waals surface area (Å²) in [5, 5.41) is 9.86. The minimum Gasteiger partial charge on any atom is -0.496 e. The van der Waals surface area contributed by atoms with Crippen LogP contribution in [0.3, 0.4) is 0 Å². The standard InChI is InChI=1S/C21H27N7O3/c1-30-16-5-6-23-20(31-2)18(16)15-13-25-19-14(15)3-4-17(26-19)27-21(29)24-9-12-28-10-7-22-8-11-28/h3-6,13,22H,7-12H2,1-2H3,(H3,24,25,26,27,29). The van der Waals surface area contributed by atoms with E-state index in [1.165, 1.54) is 0 Å². The lowest BCUT2D eigenvalue weighted by atomic mass is 10.1. The zero-order valence-electron chi connectivity index (χ0n) is 17.7. The number of anilines is 1. The number of nitrogens with zero attached hydrogens (tertiary/aromatic N) is 3. The van der Waals surface area contributed by atoms with Crippen LogP contribution in [0.4, 0.5) is 10.6 Å². The molecule has 0 aliphatic carbocycles. The third-order valence-electron chi connectivity index (χ3n) is 5.26. The van der Waals surface area contributed by atoms with Crippen LogP contribution in [-0.2, 0) is 0 Å². The van der Waals surface area contributed by atoms with E-state index in [1.54, 1.807) is 32.5 Å². The second-order valence-corrected chi connectivity index (χ2v) is 7.17. The second-order valence-electron chi connectivity index (χ2n) is 7.17. The van der Waals surface area contributed by atoms with Gasteiger partial charge in [0.15, 0.2) is 0 Å². The smallest absolute Gasteiger partial charge is 0.320 e. The van der Waals surface area contributed by atoms with E-state index in [4.69, 9.17) is 9.47 Å². The third-order valence-corrected chi connectivity index (χ3v) is 5.26. The van der Waals surface area contributed by atoms with Crippen molar-refractivity contribution in [3.63, 3.8) is 0 Å². The maximum absolute atomic E-state index is 12.2. The predicted molar refractivity (Wildman–Crippen MR) is 119 cm³/mol. The van der Waals surface area contributed by atoms with Crippen molar-refractivity contribution in [2.75, 3.05) is 58.8 Å². The molecule has 0 radical (unpaired) electrons. The second kappa shape index (κ2) is 9.63. The Morgan fingerprint density at radius 3 is 2.81 bits per heavy atom. The first kappa shape index (κ1) is 20.9. The number of hydrogen-bond donors (Lipinski definition) is 4. The van der Waals surface area contributed by atoms with Gasteiger partial charge in [0.2, 0.25) is 5.88 Å². The van der Waals surface area contributed by atoms with Crippen molar-refractivity contribution in [2.24, 2.45) is 0 Å². The molecule has 0 bridgehead atoms. The quantitative estimate of drug-likeness (QED) is 0.455. The molecule has 4 heterocycles.